The zero-order valence-electron chi connectivity index (χ0n) is 19.0. The Morgan fingerprint density at radius 2 is 1.74 bits per heavy atom. The zero-order valence-corrected chi connectivity index (χ0v) is 20.5. The predicted molar refractivity (Wildman–Crippen MR) is 129 cm³/mol. The molecule has 0 spiro atoms. The van der Waals surface area contributed by atoms with Gasteiger partial charge in [0.2, 0.25) is 11.8 Å². The molecule has 31 heavy (non-hydrogen) atoms. The van der Waals surface area contributed by atoms with Crippen molar-refractivity contribution in [2.75, 3.05) is 6.54 Å². The van der Waals surface area contributed by atoms with E-state index in [4.69, 9.17) is 23.2 Å². The fourth-order valence-corrected chi connectivity index (χ4v) is 3.90. The summed E-state index contributed by atoms with van der Waals surface area (Å²) in [4.78, 5) is 28.1. The molecule has 0 radical (unpaired) electrons. The molecule has 2 aromatic carbocycles. The van der Waals surface area contributed by atoms with Gasteiger partial charge < -0.3 is 10.2 Å². The Morgan fingerprint density at radius 1 is 1.03 bits per heavy atom. The van der Waals surface area contributed by atoms with Crippen LogP contribution in [0, 0.1) is 19.8 Å². The number of nitrogens with one attached hydrogen (secondary N) is 1. The number of carbonyl (C=O) groups excluding carboxylic acids is 2. The molecule has 0 heterocycles. The third kappa shape index (κ3) is 7.26. The molecule has 1 N–H and O–H groups in total. The molecule has 2 aromatic rings. The van der Waals surface area contributed by atoms with E-state index in [9.17, 15) is 9.59 Å². The van der Waals surface area contributed by atoms with Gasteiger partial charge in [0, 0.05) is 23.1 Å². The van der Waals surface area contributed by atoms with Crippen molar-refractivity contribution in [2.24, 2.45) is 5.92 Å². The molecule has 0 aliphatic heterocycles. The Labute approximate surface area is 195 Å². The number of aryl methyl sites for hydroxylation is 2. The van der Waals surface area contributed by atoms with Gasteiger partial charge in [0.25, 0.3) is 0 Å². The first kappa shape index (κ1) is 25.2. The Balaban J connectivity index is 2.36. The van der Waals surface area contributed by atoms with Gasteiger partial charge in [-0.25, -0.2) is 0 Å². The molecule has 1 atom stereocenters. The van der Waals surface area contributed by atoms with Gasteiger partial charge in [0.15, 0.2) is 0 Å². The summed E-state index contributed by atoms with van der Waals surface area (Å²) in [6.45, 7) is 10.8. The number of benzene rings is 2. The molecule has 0 saturated heterocycles. The maximum absolute atomic E-state index is 13.5. The number of hydrogen-bond acceptors (Lipinski definition) is 2. The van der Waals surface area contributed by atoms with Crippen molar-refractivity contribution in [1.29, 1.82) is 0 Å². The van der Waals surface area contributed by atoms with Gasteiger partial charge in [-0.1, -0.05) is 73.8 Å². The van der Waals surface area contributed by atoms with E-state index < -0.39 is 6.04 Å². The van der Waals surface area contributed by atoms with Crippen LogP contribution in [-0.2, 0) is 22.6 Å². The van der Waals surface area contributed by atoms with Crippen LogP contribution in [-0.4, -0.2) is 29.3 Å². The van der Waals surface area contributed by atoms with Gasteiger partial charge in [0.1, 0.15) is 6.04 Å². The lowest BCUT2D eigenvalue weighted by molar-refractivity contribution is -0.141. The summed E-state index contributed by atoms with van der Waals surface area (Å²) in [5.41, 5.74) is 3.88. The van der Waals surface area contributed by atoms with E-state index in [1.54, 1.807) is 17.0 Å². The highest BCUT2D eigenvalue weighted by Gasteiger charge is 2.29. The van der Waals surface area contributed by atoms with Crippen molar-refractivity contribution in [3.05, 3.63) is 68.7 Å². The van der Waals surface area contributed by atoms with Crippen molar-refractivity contribution in [1.82, 2.24) is 10.2 Å². The molecule has 0 aliphatic carbocycles. The monoisotopic (exact) mass is 462 g/mol. The van der Waals surface area contributed by atoms with E-state index >= 15 is 0 Å². The molecule has 0 saturated carbocycles. The minimum absolute atomic E-state index is 0.105. The molecule has 168 valence electrons. The highest BCUT2D eigenvalue weighted by atomic mass is 35.5. The molecule has 4 nitrogen and oxygen atoms in total. The number of rotatable bonds is 9. The SMILES string of the molecule is CC[C@@H](C(=O)NCC(C)C)N(Cc1ccc(Cl)cc1Cl)C(=O)Cc1cc(C)ccc1C. The van der Waals surface area contributed by atoms with E-state index in [2.05, 4.69) is 5.32 Å². The highest BCUT2D eigenvalue weighted by molar-refractivity contribution is 6.35. The van der Waals surface area contributed by atoms with Gasteiger partial charge in [-0.3, -0.25) is 9.59 Å². The molecule has 0 unspecified atom stereocenters. The van der Waals surface area contributed by atoms with Crippen molar-refractivity contribution in [3.63, 3.8) is 0 Å². The largest absolute Gasteiger partial charge is 0.354 e. The topological polar surface area (TPSA) is 49.4 Å². The van der Waals surface area contributed by atoms with Crippen LogP contribution in [0.2, 0.25) is 10.0 Å². The molecule has 0 aliphatic rings. The van der Waals surface area contributed by atoms with Crippen molar-refractivity contribution >= 4 is 35.0 Å². The number of nitrogens with zero attached hydrogens (tertiary/aromatic N) is 1. The van der Waals surface area contributed by atoms with Gasteiger partial charge in [-0.05, 0) is 55.0 Å². The van der Waals surface area contributed by atoms with Gasteiger partial charge in [-0.2, -0.15) is 0 Å². The van der Waals surface area contributed by atoms with Crippen LogP contribution in [0.25, 0.3) is 0 Å². The summed E-state index contributed by atoms with van der Waals surface area (Å²) >= 11 is 12.4. The minimum atomic E-state index is -0.580. The lowest BCUT2D eigenvalue weighted by atomic mass is 10.0. The minimum Gasteiger partial charge on any atom is -0.354 e. The Morgan fingerprint density at radius 3 is 2.35 bits per heavy atom. The zero-order chi connectivity index (χ0) is 23.1. The molecule has 6 heteroatoms. The highest BCUT2D eigenvalue weighted by Crippen LogP contribution is 2.24. The summed E-state index contributed by atoms with van der Waals surface area (Å²) in [5.74, 6) is 0.0770. The molecule has 2 rings (SSSR count). The third-order valence-corrected chi connectivity index (χ3v) is 5.86. The standard InChI is InChI=1S/C25H32Cl2N2O2/c1-6-23(25(31)28-14-16(2)3)29(15-19-9-10-21(26)13-22(19)27)24(30)12-20-11-17(4)7-8-18(20)5/h7-11,13,16,23H,6,12,14-15H2,1-5H3,(H,28,31)/t23-/m0/s1. The molecular weight excluding hydrogens is 431 g/mol. The summed E-state index contributed by atoms with van der Waals surface area (Å²) < 4.78 is 0. The lowest BCUT2D eigenvalue weighted by Gasteiger charge is -2.31. The Hall–Kier alpha value is -2.04. The molecule has 0 aromatic heterocycles. The summed E-state index contributed by atoms with van der Waals surface area (Å²) in [6, 6.07) is 10.7. The normalized spacial score (nSPS) is 12.0. The van der Waals surface area contributed by atoms with Crippen molar-refractivity contribution in [2.45, 2.75) is 60.0 Å². The van der Waals surface area contributed by atoms with Crippen LogP contribution in [0.5, 0.6) is 0 Å². The smallest absolute Gasteiger partial charge is 0.242 e. The predicted octanol–water partition coefficient (Wildman–Crippen LogP) is 5.73. The second-order valence-electron chi connectivity index (χ2n) is 8.43. The molecule has 0 fully saturated rings. The van der Waals surface area contributed by atoms with Crippen LogP contribution >= 0.6 is 23.2 Å². The first-order valence-corrected chi connectivity index (χ1v) is 11.4. The molecule has 0 bridgehead atoms. The van der Waals surface area contributed by atoms with Crippen LogP contribution in [0.3, 0.4) is 0 Å². The quantitative estimate of drug-likeness (QED) is 0.516. The van der Waals surface area contributed by atoms with Crippen LogP contribution < -0.4 is 5.32 Å². The van der Waals surface area contributed by atoms with E-state index in [-0.39, 0.29) is 24.8 Å². The Kier molecular flexibility index (Phi) is 9.39. The van der Waals surface area contributed by atoms with E-state index in [0.29, 0.717) is 28.9 Å². The third-order valence-electron chi connectivity index (χ3n) is 5.27. The number of halogens is 2. The van der Waals surface area contributed by atoms with Crippen molar-refractivity contribution in [3.8, 4) is 0 Å². The Bertz CT molecular complexity index is 928. The van der Waals surface area contributed by atoms with Gasteiger partial charge in [-0.15, -0.1) is 0 Å². The summed E-state index contributed by atoms with van der Waals surface area (Å²) in [6.07, 6.45) is 0.736. The first-order valence-electron chi connectivity index (χ1n) is 10.7. The van der Waals surface area contributed by atoms with E-state index in [1.165, 1.54) is 0 Å². The summed E-state index contributed by atoms with van der Waals surface area (Å²) in [5, 5.41) is 3.99. The summed E-state index contributed by atoms with van der Waals surface area (Å²) in [7, 11) is 0. The van der Waals surface area contributed by atoms with Crippen molar-refractivity contribution < 1.29 is 9.59 Å². The number of hydrogen-bond donors (Lipinski definition) is 1. The molecule has 2 amide bonds. The van der Waals surface area contributed by atoms with Gasteiger partial charge >= 0.3 is 0 Å². The van der Waals surface area contributed by atoms with Crippen LogP contribution in [0.4, 0.5) is 0 Å². The van der Waals surface area contributed by atoms with Crippen LogP contribution in [0.15, 0.2) is 36.4 Å². The van der Waals surface area contributed by atoms with E-state index in [1.807, 2.05) is 58.9 Å². The van der Waals surface area contributed by atoms with E-state index in [0.717, 1.165) is 22.3 Å². The van der Waals surface area contributed by atoms with Crippen LogP contribution in [0.1, 0.15) is 49.4 Å². The fraction of sp³-hybridized carbons (Fsp3) is 0.440. The number of amides is 2. The maximum atomic E-state index is 13.5. The van der Waals surface area contributed by atoms with Gasteiger partial charge in [0.05, 0.1) is 6.42 Å². The first-order chi connectivity index (χ1) is 14.6. The lowest BCUT2D eigenvalue weighted by Crippen LogP contribution is -2.50. The number of carbonyl (C=O) groups is 2. The average molecular weight is 463 g/mol. The second kappa shape index (κ2) is 11.5. The fourth-order valence-electron chi connectivity index (χ4n) is 3.43. The maximum Gasteiger partial charge on any atom is 0.242 e. The molecular formula is C25H32Cl2N2O2. The average Bonchev–Trinajstić information content (AvgIpc) is 2.70. The second-order valence-corrected chi connectivity index (χ2v) is 9.27.